The topological polar surface area (TPSA) is 60.4 Å². The van der Waals surface area contributed by atoms with Gasteiger partial charge in [0.05, 0.1) is 0 Å². The minimum absolute atomic E-state index is 0.00579. The average Bonchev–Trinajstić information content (AvgIpc) is 3.03. The van der Waals surface area contributed by atoms with Gasteiger partial charge in [-0.1, -0.05) is 26.0 Å². The fraction of sp³-hybridized carbons (Fsp3) is 0.708. The number of ether oxygens (including phenoxy) is 1. The molecule has 0 saturated heterocycles. The highest BCUT2D eigenvalue weighted by Crippen LogP contribution is 2.66. The number of ketones is 2. The van der Waals surface area contributed by atoms with Gasteiger partial charge in [0.25, 0.3) is 0 Å². The van der Waals surface area contributed by atoms with Crippen LogP contribution >= 0.6 is 0 Å². The lowest BCUT2D eigenvalue weighted by atomic mass is 9.46. The molecule has 0 aliphatic heterocycles. The second-order valence-electron chi connectivity index (χ2n) is 9.92. The fourth-order valence-electron chi connectivity index (χ4n) is 7.39. The zero-order valence-electron chi connectivity index (χ0n) is 17.2. The second kappa shape index (κ2) is 6.96. The van der Waals surface area contributed by atoms with Gasteiger partial charge in [-0.25, -0.2) is 4.79 Å². The van der Waals surface area contributed by atoms with Crippen LogP contribution in [0.15, 0.2) is 24.3 Å². The van der Waals surface area contributed by atoms with E-state index in [1.807, 2.05) is 6.08 Å². The third-order valence-corrected chi connectivity index (χ3v) is 8.87. The third-order valence-electron chi connectivity index (χ3n) is 8.87. The molecule has 152 valence electrons. The lowest BCUT2D eigenvalue weighted by Gasteiger charge is -2.58. The van der Waals surface area contributed by atoms with Crippen molar-refractivity contribution in [2.24, 2.45) is 34.5 Å². The Balaban J connectivity index is 1.53. The number of carbonyl (C=O) groups excluding carboxylic acids is 3. The lowest BCUT2D eigenvalue weighted by Crippen LogP contribution is -2.51. The summed E-state index contributed by atoms with van der Waals surface area (Å²) >= 11 is 0. The summed E-state index contributed by atoms with van der Waals surface area (Å²) in [6.07, 6.45) is 11.1. The van der Waals surface area contributed by atoms with Crippen LogP contribution in [0.2, 0.25) is 0 Å². The molecule has 3 fully saturated rings. The molecule has 0 radical (unpaired) electrons. The lowest BCUT2D eigenvalue weighted by molar-refractivity contribution is -0.147. The van der Waals surface area contributed by atoms with Crippen LogP contribution < -0.4 is 0 Å². The van der Waals surface area contributed by atoms with Gasteiger partial charge in [-0.15, -0.1) is 0 Å². The molecule has 28 heavy (non-hydrogen) atoms. The number of hydrogen-bond donors (Lipinski definition) is 0. The number of hydrogen-bond acceptors (Lipinski definition) is 4. The summed E-state index contributed by atoms with van der Waals surface area (Å²) < 4.78 is 5.05. The first-order valence-electron chi connectivity index (χ1n) is 10.9. The Labute approximate surface area is 167 Å². The van der Waals surface area contributed by atoms with Gasteiger partial charge in [0, 0.05) is 18.4 Å². The largest absolute Gasteiger partial charge is 0.455 e. The summed E-state index contributed by atoms with van der Waals surface area (Å²) in [5.74, 6) is 1.67. The van der Waals surface area contributed by atoms with E-state index in [0.717, 1.165) is 51.0 Å². The average molecular weight is 385 g/mol. The Morgan fingerprint density at radius 3 is 2.68 bits per heavy atom. The van der Waals surface area contributed by atoms with Crippen LogP contribution in [0.5, 0.6) is 0 Å². The zero-order valence-corrected chi connectivity index (χ0v) is 17.2. The summed E-state index contributed by atoms with van der Waals surface area (Å²) in [5.41, 5.74) is 1.57. The van der Waals surface area contributed by atoms with Crippen molar-refractivity contribution in [1.82, 2.24) is 0 Å². The van der Waals surface area contributed by atoms with Gasteiger partial charge in [-0.05, 0) is 79.6 Å². The maximum atomic E-state index is 12.9. The monoisotopic (exact) mass is 384 g/mol. The van der Waals surface area contributed by atoms with Crippen LogP contribution in [0, 0.1) is 34.5 Å². The number of allylic oxidation sites excluding steroid dienone is 1. The van der Waals surface area contributed by atoms with E-state index in [0.29, 0.717) is 30.0 Å². The Kier molecular flexibility index (Phi) is 4.87. The SMILES string of the molecule is C=CC(=O)OCC(=O)[C@@H]1CC[C@@H]2C3CCC4=CC(=O)CC[C@@]4(C)C3CC[C@]21C. The first-order chi connectivity index (χ1) is 13.3. The van der Waals surface area contributed by atoms with Gasteiger partial charge in [0.2, 0.25) is 0 Å². The van der Waals surface area contributed by atoms with Crippen LogP contribution in [0.1, 0.15) is 65.2 Å². The molecule has 0 aromatic heterocycles. The van der Waals surface area contributed by atoms with E-state index >= 15 is 0 Å². The Bertz CT molecular complexity index is 750. The Morgan fingerprint density at radius 1 is 1.14 bits per heavy atom. The maximum absolute atomic E-state index is 12.9. The van der Waals surface area contributed by atoms with Gasteiger partial charge in [-0.3, -0.25) is 9.59 Å². The van der Waals surface area contributed by atoms with Crippen LogP contribution in [-0.4, -0.2) is 24.1 Å². The molecule has 0 N–H and O–H groups in total. The van der Waals surface area contributed by atoms with Crippen LogP contribution in [0.4, 0.5) is 0 Å². The minimum Gasteiger partial charge on any atom is -0.455 e. The molecule has 0 heterocycles. The van der Waals surface area contributed by atoms with Gasteiger partial charge in [0.15, 0.2) is 18.2 Å². The molecule has 0 aromatic carbocycles. The van der Waals surface area contributed by atoms with Crippen molar-refractivity contribution in [2.45, 2.75) is 65.2 Å². The predicted octanol–water partition coefficient (Wildman–Crippen LogP) is 4.43. The summed E-state index contributed by atoms with van der Waals surface area (Å²) in [5, 5.41) is 0. The molecule has 4 heteroatoms. The molecule has 4 aliphatic carbocycles. The van der Waals surface area contributed by atoms with Crippen LogP contribution in [0.3, 0.4) is 0 Å². The van der Waals surface area contributed by atoms with Crippen molar-refractivity contribution < 1.29 is 19.1 Å². The molecule has 4 aliphatic rings. The highest BCUT2D eigenvalue weighted by molar-refractivity contribution is 5.91. The summed E-state index contributed by atoms with van der Waals surface area (Å²) in [4.78, 5) is 36.2. The van der Waals surface area contributed by atoms with Crippen molar-refractivity contribution in [1.29, 1.82) is 0 Å². The van der Waals surface area contributed by atoms with E-state index in [1.165, 1.54) is 5.57 Å². The van der Waals surface area contributed by atoms with E-state index in [-0.39, 0.29) is 29.1 Å². The van der Waals surface area contributed by atoms with Crippen molar-refractivity contribution in [3.63, 3.8) is 0 Å². The molecule has 0 aromatic rings. The van der Waals surface area contributed by atoms with Crippen molar-refractivity contribution >= 4 is 17.5 Å². The quantitative estimate of drug-likeness (QED) is 0.531. The Morgan fingerprint density at radius 2 is 1.93 bits per heavy atom. The van der Waals surface area contributed by atoms with E-state index in [2.05, 4.69) is 20.4 Å². The molecule has 0 bridgehead atoms. The molecule has 0 spiro atoms. The number of fused-ring (bicyclic) bond motifs is 5. The number of rotatable bonds is 4. The molecular weight excluding hydrogens is 352 g/mol. The predicted molar refractivity (Wildman–Crippen MR) is 106 cm³/mol. The van der Waals surface area contributed by atoms with Crippen molar-refractivity contribution in [3.8, 4) is 0 Å². The van der Waals surface area contributed by atoms with Gasteiger partial charge < -0.3 is 4.74 Å². The summed E-state index contributed by atoms with van der Waals surface area (Å²) in [6.45, 7) is 7.96. The molecule has 0 amide bonds. The van der Waals surface area contributed by atoms with Crippen LogP contribution in [-0.2, 0) is 19.1 Å². The number of esters is 1. The highest BCUT2D eigenvalue weighted by atomic mass is 16.5. The molecule has 4 nitrogen and oxygen atoms in total. The number of Topliss-reactive ketones (excluding diaryl/α,β-unsaturated/α-hetero) is 1. The maximum Gasteiger partial charge on any atom is 0.330 e. The standard InChI is InChI=1S/C24H32O4/c1-4-22(27)28-14-21(26)20-8-7-18-17-6-5-15-13-16(25)9-11-23(15,2)19(17)10-12-24(18,20)3/h4,13,17-20H,1,5-12,14H2,2-3H3/t17?,18-,19?,20+,23-,24-/m1/s1. The fourth-order valence-corrected chi connectivity index (χ4v) is 7.39. The molecule has 6 atom stereocenters. The highest BCUT2D eigenvalue weighted by Gasteiger charge is 2.60. The van der Waals surface area contributed by atoms with E-state index in [9.17, 15) is 14.4 Å². The summed E-state index contributed by atoms with van der Waals surface area (Å²) in [7, 11) is 0. The van der Waals surface area contributed by atoms with E-state index in [1.54, 1.807) is 0 Å². The van der Waals surface area contributed by atoms with Crippen molar-refractivity contribution in [2.75, 3.05) is 6.61 Å². The van der Waals surface area contributed by atoms with Gasteiger partial charge in [0.1, 0.15) is 0 Å². The summed E-state index contributed by atoms with van der Waals surface area (Å²) in [6, 6.07) is 0. The van der Waals surface area contributed by atoms with E-state index < -0.39 is 5.97 Å². The first-order valence-corrected chi connectivity index (χ1v) is 10.9. The second-order valence-corrected chi connectivity index (χ2v) is 9.92. The van der Waals surface area contributed by atoms with Gasteiger partial charge >= 0.3 is 5.97 Å². The molecule has 4 rings (SSSR count). The minimum atomic E-state index is -0.525. The van der Waals surface area contributed by atoms with Gasteiger partial charge in [-0.2, -0.15) is 0 Å². The Hall–Kier alpha value is -1.71. The van der Waals surface area contributed by atoms with Crippen molar-refractivity contribution in [3.05, 3.63) is 24.3 Å². The van der Waals surface area contributed by atoms with E-state index in [4.69, 9.17) is 4.74 Å². The van der Waals surface area contributed by atoms with Crippen LogP contribution in [0.25, 0.3) is 0 Å². The normalized spacial score (nSPS) is 41.9. The smallest absolute Gasteiger partial charge is 0.330 e. The third kappa shape index (κ3) is 2.91. The molecule has 3 saturated carbocycles. The molecular formula is C24H32O4. The first kappa shape index (κ1) is 19.6. The molecule has 2 unspecified atom stereocenters. The zero-order chi connectivity index (χ0) is 20.1. The number of carbonyl (C=O) groups is 3.